The van der Waals surface area contributed by atoms with E-state index in [0.29, 0.717) is 23.5 Å². The maximum Gasteiger partial charge on any atom is 0.255 e. The third-order valence-electron chi connectivity index (χ3n) is 2.81. The molecule has 2 rings (SSSR count). The summed E-state index contributed by atoms with van der Waals surface area (Å²) >= 11 is 0. The predicted molar refractivity (Wildman–Crippen MR) is 83.3 cm³/mol. The molecule has 106 valence electrons. The van der Waals surface area contributed by atoms with E-state index in [9.17, 15) is 4.79 Å². The van der Waals surface area contributed by atoms with Crippen molar-refractivity contribution in [2.24, 2.45) is 5.73 Å². The highest BCUT2D eigenvalue weighted by atomic mass is 16.5. The lowest BCUT2D eigenvalue weighted by Crippen LogP contribution is -2.11. The average molecular weight is 280 g/mol. The number of ether oxygens (including phenoxy) is 1. The average Bonchev–Trinajstić information content (AvgIpc) is 2.54. The van der Waals surface area contributed by atoms with E-state index in [1.165, 1.54) is 0 Å². The van der Waals surface area contributed by atoms with Gasteiger partial charge in [0.2, 0.25) is 0 Å². The smallest absolute Gasteiger partial charge is 0.255 e. The molecule has 0 saturated carbocycles. The molecule has 4 heteroatoms. The van der Waals surface area contributed by atoms with Crippen LogP contribution in [-0.2, 0) is 0 Å². The third kappa shape index (κ3) is 4.10. The molecule has 2 aromatic rings. The van der Waals surface area contributed by atoms with Crippen molar-refractivity contribution in [1.82, 2.24) is 0 Å². The number of hydrogen-bond donors (Lipinski definition) is 2. The first-order chi connectivity index (χ1) is 10.2. The lowest BCUT2D eigenvalue weighted by molar-refractivity contribution is 0.102. The molecule has 0 bridgehead atoms. The Bertz CT molecular complexity index is 682. The molecule has 0 unspecified atom stereocenters. The van der Waals surface area contributed by atoms with E-state index in [2.05, 4.69) is 17.2 Å². The maximum absolute atomic E-state index is 12.1. The molecule has 3 N–H and O–H groups in total. The normalized spacial score (nSPS) is 9.43. The third-order valence-corrected chi connectivity index (χ3v) is 2.81. The Morgan fingerprint density at radius 2 is 2.00 bits per heavy atom. The fourth-order valence-electron chi connectivity index (χ4n) is 1.76. The van der Waals surface area contributed by atoms with Crippen molar-refractivity contribution in [3.05, 3.63) is 59.7 Å². The van der Waals surface area contributed by atoms with Crippen molar-refractivity contribution in [3.8, 4) is 17.6 Å². The number of amides is 1. The largest absolute Gasteiger partial charge is 0.497 e. The Balaban J connectivity index is 2.08. The first kappa shape index (κ1) is 14.6. The van der Waals surface area contributed by atoms with Gasteiger partial charge in [0.05, 0.1) is 13.7 Å². The first-order valence-electron chi connectivity index (χ1n) is 6.47. The molecule has 0 aliphatic heterocycles. The first-order valence-corrected chi connectivity index (χ1v) is 6.47. The quantitative estimate of drug-likeness (QED) is 0.848. The number of carbonyl (C=O) groups excluding carboxylic acids is 1. The topological polar surface area (TPSA) is 64.3 Å². The molecule has 0 saturated heterocycles. The zero-order chi connectivity index (χ0) is 15.1. The van der Waals surface area contributed by atoms with Gasteiger partial charge < -0.3 is 15.8 Å². The van der Waals surface area contributed by atoms with Crippen LogP contribution in [0.15, 0.2) is 48.5 Å². The van der Waals surface area contributed by atoms with Crippen LogP contribution in [0.5, 0.6) is 5.75 Å². The van der Waals surface area contributed by atoms with Gasteiger partial charge in [0.15, 0.2) is 0 Å². The molecular weight excluding hydrogens is 264 g/mol. The van der Waals surface area contributed by atoms with Crippen molar-refractivity contribution < 1.29 is 9.53 Å². The van der Waals surface area contributed by atoms with E-state index in [0.717, 1.165) is 5.56 Å². The fourth-order valence-corrected chi connectivity index (χ4v) is 1.76. The van der Waals surface area contributed by atoms with Gasteiger partial charge in [0.25, 0.3) is 5.91 Å². The highest BCUT2D eigenvalue weighted by molar-refractivity contribution is 6.04. The van der Waals surface area contributed by atoms with Crippen molar-refractivity contribution in [1.29, 1.82) is 0 Å². The molecule has 0 spiro atoms. The second kappa shape index (κ2) is 7.13. The zero-order valence-corrected chi connectivity index (χ0v) is 11.7. The molecule has 4 nitrogen and oxygen atoms in total. The summed E-state index contributed by atoms with van der Waals surface area (Å²) in [4.78, 5) is 12.1. The van der Waals surface area contributed by atoms with E-state index in [1.54, 1.807) is 43.5 Å². The second-order valence-electron chi connectivity index (χ2n) is 4.27. The Morgan fingerprint density at radius 3 is 2.67 bits per heavy atom. The minimum atomic E-state index is -0.185. The summed E-state index contributed by atoms with van der Waals surface area (Å²) in [5.41, 5.74) is 7.43. The van der Waals surface area contributed by atoms with Gasteiger partial charge in [0.1, 0.15) is 5.75 Å². The van der Waals surface area contributed by atoms with Crippen molar-refractivity contribution in [3.63, 3.8) is 0 Å². The van der Waals surface area contributed by atoms with Gasteiger partial charge in [-0.3, -0.25) is 4.79 Å². The number of nitrogens with one attached hydrogen (secondary N) is 1. The maximum atomic E-state index is 12.1. The Labute approximate surface area is 123 Å². The van der Waals surface area contributed by atoms with Crippen LogP contribution >= 0.6 is 0 Å². The van der Waals surface area contributed by atoms with E-state index in [4.69, 9.17) is 10.5 Å². The summed E-state index contributed by atoms with van der Waals surface area (Å²) in [5.74, 6) is 6.17. The highest BCUT2D eigenvalue weighted by Crippen LogP contribution is 2.15. The molecule has 0 radical (unpaired) electrons. The summed E-state index contributed by atoms with van der Waals surface area (Å²) in [6.45, 7) is 0.328. The van der Waals surface area contributed by atoms with Gasteiger partial charge in [0, 0.05) is 16.8 Å². The summed E-state index contributed by atoms with van der Waals surface area (Å²) in [6, 6.07) is 14.3. The lowest BCUT2D eigenvalue weighted by atomic mass is 10.1. The van der Waals surface area contributed by atoms with Gasteiger partial charge in [-0.05, 0) is 42.5 Å². The summed E-state index contributed by atoms with van der Waals surface area (Å²) in [7, 11) is 1.57. The van der Waals surface area contributed by atoms with Crippen molar-refractivity contribution in [2.45, 2.75) is 0 Å². The van der Waals surface area contributed by atoms with Crippen LogP contribution in [0, 0.1) is 11.8 Å². The number of benzene rings is 2. The highest BCUT2D eigenvalue weighted by Gasteiger charge is 2.06. The number of nitrogens with two attached hydrogens (primary N) is 1. The van der Waals surface area contributed by atoms with Crippen LogP contribution < -0.4 is 15.8 Å². The molecule has 0 aromatic heterocycles. The number of hydrogen-bond acceptors (Lipinski definition) is 3. The zero-order valence-electron chi connectivity index (χ0n) is 11.7. The molecule has 0 aliphatic rings. The Hall–Kier alpha value is -2.77. The van der Waals surface area contributed by atoms with E-state index in [1.807, 2.05) is 12.1 Å². The van der Waals surface area contributed by atoms with Crippen LogP contribution in [-0.4, -0.2) is 19.6 Å². The fraction of sp³-hybridized carbons (Fsp3) is 0.118. The summed E-state index contributed by atoms with van der Waals surface area (Å²) in [5, 5.41) is 2.83. The second-order valence-corrected chi connectivity index (χ2v) is 4.27. The summed E-state index contributed by atoms with van der Waals surface area (Å²) < 4.78 is 5.10. The van der Waals surface area contributed by atoms with Crippen molar-refractivity contribution >= 4 is 11.6 Å². The minimum Gasteiger partial charge on any atom is -0.497 e. The number of methoxy groups -OCH3 is 1. The molecule has 0 aliphatic carbocycles. The van der Waals surface area contributed by atoms with Crippen LogP contribution in [0.2, 0.25) is 0 Å². The van der Waals surface area contributed by atoms with E-state index < -0.39 is 0 Å². The Morgan fingerprint density at radius 1 is 1.24 bits per heavy atom. The van der Waals surface area contributed by atoms with Gasteiger partial charge in [-0.25, -0.2) is 0 Å². The van der Waals surface area contributed by atoms with Gasteiger partial charge >= 0.3 is 0 Å². The van der Waals surface area contributed by atoms with E-state index in [-0.39, 0.29) is 5.91 Å². The van der Waals surface area contributed by atoms with Crippen LogP contribution in [0.25, 0.3) is 0 Å². The minimum absolute atomic E-state index is 0.185. The number of carbonyl (C=O) groups is 1. The number of rotatable bonds is 3. The standard InChI is InChI=1S/C17H16N2O2/c1-21-16-6-2-5-14(12-16)17(20)19-15-9-7-13(8-10-15)4-3-11-18/h2,5-10,12H,11,18H2,1H3,(H,19,20). The lowest BCUT2D eigenvalue weighted by Gasteiger charge is -2.06. The molecule has 1 amide bonds. The predicted octanol–water partition coefficient (Wildman–Crippen LogP) is 2.26. The molecule has 0 atom stereocenters. The van der Waals surface area contributed by atoms with Gasteiger partial charge in [-0.15, -0.1) is 0 Å². The SMILES string of the molecule is COc1cccc(C(=O)Nc2ccc(C#CCN)cc2)c1. The molecule has 0 heterocycles. The van der Waals surface area contributed by atoms with Crippen LogP contribution in [0.1, 0.15) is 15.9 Å². The van der Waals surface area contributed by atoms with Crippen LogP contribution in [0.3, 0.4) is 0 Å². The number of anilines is 1. The Kier molecular flexibility index (Phi) is 4.97. The monoisotopic (exact) mass is 280 g/mol. The molecule has 21 heavy (non-hydrogen) atoms. The summed E-state index contributed by atoms with van der Waals surface area (Å²) in [6.07, 6.45) is 0. The van der Waals surface area contributed by atoms with Crippen LogP contribution in [0.4, 0.5) is 5.69 Å². The molecule has 2 aromatic carbocycles. The van der Waals surface area contributed by atoms with E-state index >= 15 is 0 Å². The molecular formula is C17H16N2O2. The van der Waals surface area contributed by atoms with Gasteiger partial charge in [-0.2, -0.15) is 0 Å². The molecule has 0 fully saturated rings. The van der Waals surface area contributed by atoms with Crippen molar-refractivity contribution in [2.75, 3.05) is 19.0 Å². The van der Waals surface area contributed by atoms with Gasteiger partial charge in [-0.1, -0.05) is 17.9 Å².